The van der Waals surface area contributed by atoms with Crippen molar-refractivity contribution in [3.63, 3.8) is 0 Å². The van der Waals surface area contributed by atoms with E-state index in [1.165, 1.54) is 6.07 Å². The van der Waals surface area contributed by atoms with E-state index in [-0.39, 0.29) is 39.6 Å². The lowest BCUT2D eigenvalue weighted by molar-refractivity contribution is -0.136. The van der Waals surface area contributed by atoms with Gasteiger partial charge in [0.25, 0.3) is 0 Å². The average Bonchev–Trinajstić information content (AvgIpc) is 3.47. The van der Waals surface area contributed by atoms with Gasteiger partial charge in [0.05, 0.1) is 24.5 Å². The van der Waals surface area contributed by atoms with Crippen LogP contribution < -0.4 is 15.5 Å². The van der Waals surface area contributed by atoms with Crippen molar-refractivity contribution in [2.45, 2.75) is 30.1 Å². The Hall–Kier alpha value is -3.13. The number of hydrogen-bond donors (Lipinski definition) is 3. The number of benzene rings is 1. The first-order valence-corrected chi connectivity index (χ1v) is 12.5. The molecular weight excluding hydrogens is 475 g/mol. The maximum absolute atomic E-state index is 13.9. The van der Waals surface area contributed by atoms with E-state index in [0.29, 0.717) is 32.0 Å². The van der Waals surface area contributed by atoms with Gasteiger partial charge in [-0.25, -0.2) is 8.42 Å². The highest BCUT2D eigenvalue weighted by Crippen LogP contribution is 2.39. The molecule has 3 aromatic rings. The number of aromatic nitrogens is 4. The zero-order chi connectivity index (χ0) is 24.1. The largest absolute Gasteiger partial charge is 0.418 e. The molecule has 1 saturated carbocycles. The fraction of sp³-hybridized carbons (Fsp3) is 0.450. The Kier molecular flexibility index (Phi) is 5.51. The fourth-order valence-electron chi connectivity index (χ4n) is 3.76. The predicted molar refractivity (Wildman–Crippen MR) is 119 cm³/mol. The van der Waals surface area contributed by atoms with E-state index in [1.54, 1.807) is 6.07 Å². The Bertz CT molecular complexity index is 1330. The SMILES string of the molecule is CS(=O)(=O)c1[nH]nc2nc(Nc3ccc(N4CCOCC4)cc3C(F)(F)F)nc(NC3CC3)c12. The van der Waals surface area contributed by atoms with Crippen LogP contribution in [0.3, 0.4) is 0 Å². The molecule has 2 fully saturated rings. The second-order valence-corrected chi connectivity index (χ2v) is 10.2. The molecule has 2 aromatic heterocycles. The van der Waals surface area contributed by atoms with Crippen LogP contribution in [0, 0.1) is 0 Å². The first-order chi connectivity index (χ1) is 16.1. The number of alkyl halides is 3. The van der Waals surface area contributed by atoms with E-state index in [1.807, 2.05) is 4.90 Å². The van der Waals surface area contributed by atoms with Crippen molar-refractivity contribution in [3.05, 3.63) is 23.8 Å². The number of halogens is 3. The number of aromatic amines is 1. The minimum absolute atomic E-state index is 0.0274. The number of hydrogen-bond acceptors (Lipinski definition) is 9. The molecule has 0 radical (unpaired) electrons. The minimum atomic E-state index is -4.63. The van der Waals surface area contributed by atoms with Crippen LogP contribution >= 0.6 is 0 Å². The topological polar surface area (TPSA) is 125 Å². The van der Waals surface area contributed by atoms with Crippen LogP contribution in [0.4, 0.5) is 36.3 Å². The van der Waals surface area contributed by atoms with Crippen LogP contribution in [0.2, 0.25) is 0 Å². The van der Waals surface area contributed by atoms with Gasteiger partial charge in [0.2, 0.25) is 5.95 Å². The van der Waals surface area contributed by atoms with Gasteiger partial charge < -0.3 is 20.3 Å². The molecule has 1 aromatic carbocycles. The van der Waals surface area contributed by atoms with Gasteiger partial charge in [-0.15, -0.1) is 0 Å². The van der Waals surface area contributed by atoms with Crippen LogP contribution in [0.15, 0.2) is 23.2 Å². The minimum Gasteiger partial charge on any atom is -0.378 e. The molecular formula is C20H22F3N7O3S. The lowest BCUT2D eigenvalue weighted by atomic mass is 10.1. The Morgan fingerprint density at radius 1 is 1.18 bits per heavy atom. The maximum atomic E-state index is 13.9. The van der Waals surface area contributed by atoms with Crippen LogP contribution in [0.1, 0.15) is 18.4 Å². The number of nitrogens with zero attached hydrogens (tertiary/aromatic N) is 4. The standard InChI is InChI=1S/C20H22F3N7O3S/c1-34(31,32)18-15-16(24-11-2-3-11)26-19(27-17(15)28-29-18)25-14-5-4-12(10-13(14)20(21,22)23)30-6-8-33-9-7-30/h4-5,10-11H,2-3,6-9H2,1H3,(H3,24,25,26,27,28,29). The molecule has 0 spiro atoms. The van der Waals surface area contributed by atoms with Gasteiger partial charge in [-0.05, 0) is 31.0 Å². The molecule has 10 nitrogen and oxygen atoms in total. The smallest absolute Gasteiger partial charge is 0.378 e. The number of anilines is 4. The summed E-state index contributed by atoms with van der Waals surface area (Å²) in [5.41, 5.74) is -0.617. The Morgan fingerprint density at radius 2 is 1.91 bits per heavy atom. The van der Waals surface area contributed by atoms with Crippen molar-refractivity contribution in [1.82, 2.24) is 20.2 Å². The van der Waals surface area contributed by atoms with Gasteiger partial charge in [-0.3, -0.25) is 5.10 Å². The van der Waals surface area contributed by atoms with E-state index < -0.39 is 21.6 Å². The zero-order valence-electron chi connectivity index (χ0n) is 18.1. The lowest BCUT2D eigenvalue weighted by Gasteiger charge is -2.29. The maximum Gasteiger partial charge on any atom is 0.418 e. The van der Waals surface area contributed by atoms with Crippen LogP contribution in [-0.4, -0.2) is 67.2 Å². The third-order valence-corrected chi connectivity index (χ3v) is 6.64. The summed E-state index contributed by atoms with van der Waals surface area (Å²) in [6, 6.07) is 4.13. The van der Waals surface area contributed by atoms with Crippen molar-refractivity contribution in [3.8, 4) is 0 Å². The molecule has 1 aliphatic carbocycles. The number of morpholine rings is 1. The van der Waals surface area contributed by atoms with E-state index in [9.17, 15) is 21.6 Å². The highest BCUT2D eigenvalue weighted by Gasteiger charge is 2.35. The molecule has 0 unspecified atom stereocenters. The molecule has 34 heavy (non-hydrogen) atoms. The summed E-state index contributed by atoms with van der Waals surface area (Å²) in [5, 5.41) is 12.2. The zero-order valence-corrected chi connectivity index (χ0v) is 18.9. The van der Waals surface area contributed by atoms with Crippen molar-refractivity contribution in [2.24, 2.45) is 0 Å². The summed E-state index contributed by atoms with van der Waals surface area (Å²) in [6.45, 7) is 1.90. The number of fused-ring (bicyclic) bond motifs is 1. The van der Waals surface area contributed by atoms with E-state index >= 15 is 0 Å². The molecule has 3 N–H and O–H groups in total. The quantitative estimate of drug-likeness (QED) is 0.471. The number of sulfone groups is 1. The third kappa shape index (κ3) is 4.59. The summed E-state index contributed by atoms with van der Waals surface area (Å²) in [6.07, 6.45) is -1.85. The monoisotopic (exact) mass is 497 g/mol. The molecule has 14 heteroatoms. The van der Waals surface area contributed by atoms with Crippen molar-refractivity contribution in [1.29, 1.82) is 0 Å². The first kappa shape index (κ1) is 22.7. The number of rotatable bonds is 6. The Labute approximate surface area is 192 Å². The van der Waals surface area contributed by atoms with Gasteiger partial charge in [-0.1, -0.05) is 0 Å². The summed E-state index contributed by atoms with van der Waals surface area (Å²) in [7, 11) is -3.66. The summed E-state index contributed by atoms with van der Waals surface area (Å²) >= 11 is 0. The highest BCUT2D eigenvalue weighted by atomic mass is 32.2. The molecule has 0 bridgehead atoms. The van der Waals surface area contributed by atoms with Gasteiger partial charge in [-0.2, -0.15) is 28.2 Å². The fourth-order valence-corrected chi connectivity index (χ4v) is 4.53. The molecule has 3 heterocycles. The summed E-state index contributed by atoms with van der Waals surface area (Å²) in [4.78, 5) is 10.3. The van der Waals surface area contributed by atoms with E-state index in [4.69, 9.17) is 4.74 Å². The summed E-state index contributed by atoms with van der Waals surface area (Å²) in [5.74, 6) is 0.0643. The van der Waals surface area contributed by atoms with Crippen LogP contribution in [0.5, 0.6) is 0 Å². The van der Waals surface area contributed by atoms with Gasteiger partial charge in [0.15, 0.2) is 20.5 Å². The third-order valence-electron chi connectivity index (χ3n) is 5.60. The molecule has 1 saturated heterocycles. The second-order valence-electron chi connectivity index (χ2n) is 8.29. The van der Waals surface area contributed by atoms with Gasteiger partial charge in [0, 0.05) is 31.1 Å². The lowest BCUT2D eigenvalue weighted by Crippen LogP contribution is -2.36. The molecule has 0 atom stereocenters. The highest BCUT2D eigenvalue weighted by molar-refractivity contribution is 7.90. The first-order valence-electron chi connectivity index (χ1n) is 10.6. The van der Waals surface area contributed by atoms with Crippen molar-refractivity contribution >= 4 is 44.0 Å². The number of ether oxygens (including phenoxy) is 1. The summed E-state index contributed by atoms with van der Waals surface area (Å²) < 4.78 is 71.3. The normalized spacial score (nSPS) is 17.2. The number of H-pyrrole nitrogens is 1. The number of nitrogens with one attached hydrogen (secondary N) is 3. The van der Waals surface area contributed by atoms with Crippen LogP contribution in [-0.2, 0) is 20.8 Å². The molecule has 5 rings (SSSR count). The van der Waals surface area contributed by atoms with Crippen LogP contribution in [0.25, 0.3) is 11.0 Å². The van der Waals surface area contributed by atoms with Crippen molar-refractivity contribution < 1.29 is 26.3 Å². The van der Waals surface area contributed by atoms with Gasteiger partial charge >= 0.3 is 6.18 Å². The Morgan fingerprint density at radius 3 is 2.56 bits per heavy atom. The van der Waals surface area contributed by atoms with E-state index in [0.717, 1.165) is 25.2 Å². The molecule has 1 aliphatic heterocycles. The van der Waals surface area contributed by atoms with E-state index in [2.05, 4.69) is 30.8 Å². The molecule has 2 aliphatic rings. The van der Waals surface area contributed by atoms with Gasteiger partial charge in [0.1, 0.15) is 11.2 Å². The molecule has 0 amide bonds. The second kappa shape index (κ2) is 8.27. The predicted octanol–water partition coefficient (Wildman–Crippen LogP) is 2.93. The Balaban J connectivity index is 1.54. The average molecular weight is 498 g/mol. The molecule has 182 valence electrons. The van der Waals surface area contributed by atoms with Crippen molar-refractivity contribution in [2.75, 3.05) is 48.1 Å².